The number of ether oxygens (including phenoxy) is 3. The van der Waals surface area contributed by atoms with Gasteiger partial charge in [-0.15, -0.1) is 0 Å². The average Bonchev–Trinajstić information content (AvgIpc) is 3.14. The van der Waals surface area contributed by atoms with Gasteiger partial charge in [0.2, 0.25) is 0 Å². The first kappa shape index (κ1) is 26.3. The molecule has 0 radical (unpaired) electrons. The number of carbonyl (C=O) groups is 3. The van der Waals surface area contributed by atoms with Gasteiger partial charge >= 0.3 is 5.97 Å². The molecule has 0 aliphatic carbocycles. The van der Waals surface area contributed by atoms with Crippen LogP contribution in [0.1, 0.15) is 27.0 Å². The van der Waals surface area contributed by atoms with E-state index in [-0.39, 0.29) is 29.0 Å². The SMILES string of the molecule is COc1ccc(/C=C2\SC(=O)N(CCOc3cc(C)ccc3C)C2=O)cc1OC(=O)c1ccc(Cl)cc1. The van der Waals surface area contributed by atoms with Gasteiger partial charge in [-0.3, -0.25) is 14.5 Å². The molecule has 3 aromatic carbocycles. The maximum Gasteiger partial charge on any atom is 0.343 e. The van der Waals surface area contributed by atoms with Crippen molar-refractivity contribution in [3.05, 3.63) is 92.8 Å². The summed E-state index contributed by atoms with van der Waals surface area (Å²) >= 11 is 6.73. The summed E-state index contributed by atoms with van der Waals surface area (Å²) in [4.78, 5) is 39.4. The van der Waals surface area contributed by atoms with E-state index in [1.165, 1.54) is 7.11 Å². The van der Waals surface area contributed by atoms with Crippen LogP contribution in [0.25, 0.3) is 6.08 Å². The summed E-state index contributed by atoms with van der Waals surface area (Å²) in [5, 5.41) is 0.130. The van der Waals surface area contributed by atoms with Crippen LogP contribution in [0.4, 0.5) is 4.79 Å². The van der Waals surface area contributed by atoms with Crippen LogP contribution in [0, 0.1) is 13.8 Å². The van der Waals surface area contributed by atoms with Crippen molar-refractivity contribution in [2.24, 2.45) is 0 Å². The van der Waals surface area contributed by atoms with Crippen molar-refractivity contribution >= 4 is 46.6 Å². The van der Waals surface area contributed by atoms with E-state index < -0.39 is 11.9 Å². The zero-order chi connectivity index (χ0) is 26.5. The van der Waals surface area contributed by atoms with Crippen molar-refractivity contribution in [1.29, 1.82) is 0 Å². The lowest BCUT2D eigenvalue weighted by Crippen LogP contribution is -2.32. The molecule has 0 N–H and O–H groups in total. The van der Waals surface area contributed by atoms with Gasteiger partial charge in [0.25, 0.3) is 11.1 Å². The molecule has 0 aromatic heterocycles. The number of rotatable bonds is 8. The highest BCUT2D eigenvalue weighted by molar-refractivity contribution is 8.18. The normalized spacial score (nSPS) is 14.3. The summed E-state index contributed by atoms with van der Waals surface area (Å²) < 4.78 is 16.6. The molecule has 0 spiro atoms. The molecule has 0 saturated carbocycles. The zero-order valence-corrected chi connectivity index (χ0v) is 22.0. The van der Waals surface area contributed by atoms with Crippen LogP contribution in [-0.4, -0.2) is 42.3 Å². The molecule has 190 valence electrons. The minimum absolute atomic E-state index is 0.127. The smallest absolute Gasteiger partial charge is 0.343 e. The molecule has 1 heterocycles. The van der Waals surface area contributed by atoms with Crippen LogP contribution in [0.2, 0.25) is 5.02 Å². The largest absolute Gasteiger partial charge is 0.493 e. The van der Waals surface area contributed by atoms with Crippen molar-refractivity contribution in [1.82, 2.24) is 4.90 Å². The maximum atomic E-state index is 12.9. The first-order valence-corrected chi connectivity index (χ1v) is 12.6. The molecular formula is C28H24ClNO6S. The monoisotopic (exact) mass is 537 g/mol. The first-order valence-electron chi connectivity index (χ1n) is 11.4. The molecule has 1 aliphatic rings. The standard InChI is InChI=1S/C28H24ClNO6S/c1-17-4-5-18(2)23(14-17)35-13-12-30-26(31)25(37-28(30)33)16-19-6-11-22(34-3)24(15-19)36-27(32)20-7-9-21(29)10-8-20/h4-11,14-16H,12-13H2,1-3H3/b25-16-. The van der Waals surface area contributed by atoms with Gasteiger partial charge in [-0.25, -0.2) is 4.79 Å². The molecular weight excluding hydrogens is 514 g/mol. The predicted octanol–water partition coefficient (Wildman–Crippen LogP) is 6.30. The molecule has 0 bridgehead atoms. The van der Waals surface area contributed by atoms with Crippen LogP contribution >= 0.6 is 23.4 Å². The van der Waals surface area contributed by atoms with E-state index in [0.29, 0.717) is 21.9 Å². The Morgan fingerprint density at radius 3 is 2.46 bits per heavy atom. The Bertz CT molecular complexity index is 1390. The minimum Gasteiger partial charge on any atom is -0.493 e. The van der Waals surface area contributed by atoms with Crippen LogP contribution in [-0.2, 0) is 4.79 Å². The quantitative estimate of drug-likeness (QED) is 0.189. The second-order valence-electron chi connectivity index (χ2n) is 8.26. The number of esters is 1. The van der Waals surface area contributed by atoms with E-state index >= 15 is 0 Å². The average molecular weight is 538 g/mol. The van der Waals surface area contributed by atoms with E-state index in [1.807, 2.05) is 32.0 Å². The van der Waals surface area contributed by atoms with Crippen molar-refractivity contribution in [2.75, 3.05) is 20.3 Å². The molecule has 2 amide bonds. The molecule has 0 atom stereocenters. The predicted molar refractivity (Wildman–Crippen MR) is 143 cm³/mol. The Morgan fingerprint density at radius 2 is 1.73 bits per heavy atom. The number of benzene rings is 3. The molecule has 1 fully saturated rings. The number of methoxy groups -OCH3 is 1. The molecule has 37 heavy (non-hydrogen) atoms. The fourth-order valence-corrected chi connectivity index (χ4v) is 4.55. The van der Waals surface area contributed by atoms with Gasteiger partial charge in [0.1, 0.15) is 12.4 Å². The summed E-state index contributed by atoms with van der Waals surface area (Å²) in [5.41, 5.74) is 2.93. The zero-order valence-electron chi connectivity index (χ0n) is 20.4. The molecule has 3 aromatic rings. The molecule has 7 nitrogen and oxygen atoms in total. The fourth-order valence-electron chi connectivity index (χ4n) is 3.56. The fraction of sp³-hybridized carbons (Fsp3) is 0.179. The second kappa shape index (κ2) is 11.5. The van der Waals surface area contributed by atoms with Crippen LogP contribution in [0.15, 0.2) is 65.6 Å². The number of halogens is 1. The Kier molecular flexibility index (Phi) is 8.21. The van der Waals surface area contributed by atoms with Crippen molar-refractivity contribution in [3.8, 4) is 17.2 Å². The van der Waals surface area contributed by atoms with Gasteiger partial charge in [0, 0.05) is 5.02 Å². The Hall–Kier alpha value is -3.75. The van der Waals surface area contributed by atoms with Crippen molar-refractivity contribution < 1.29 is 28.6 Å². The van der Waals surface area contributed by atoms with Crippen LogP contribution in [0.3, 0.4) is 0 Å². The van der Waals surface area contributed by atoms with E-state index in [9.17, 15) is 14.4 Å². The highest BCUT2D eigenvalue weighted by Gasteiger charge is 2.35. The van der Waals surface area contributed by atoms with Gasteiger partial charge in [0.05, 0.1) is 24.1 Å². The molecule has 9 heteroatoms. The summed E-state index contributed by atoms with van der Waals surface area (Å²) in [6.45, 7) is 4.22. The molecule has 4 rings (SSSR count). The van der Waals surface area contributed by atoms with Gasteiger partial charge < -0.3 is 14.2 Å². The van der Waals surface area contributed by atoms with Crippen molar-refractivity contribution in [2.45, 2.75) is 13.8 Å². The maximum absolute atomic E-state index is 12.9. The van der Waals surface area contributed by atoms with Gasteiger partial charge in [-0.05, 0) is 90.8 Å². The minimum atomic E-state index is -0.587. The van der Waals surface area contributed by atoms with E-state index in [4.69, 9.17) is 25.8 Å². The second-order valence-corrected chi connectivity index (χ2v) is 9.69. The van der Waals surface area contributed by atoms with Gasteiger partial charge in [0.15, 0.2) is 11.5 Å². The van der Waals surface area contributed by atoms with Crippen LogP contribution in [0.5, 0.6) is 17.2 Å². The lowest BCUT2D eigenvalue weighted by molar-refractivity contribution is -0.123. The Morgan fingerprint density at radius 1 is 0.973 bits per heavy atom. The number of nitrogens with zero attached hydrogens (tertiary/aromatic N) is 1. The number of carbonyl (C=O) groups excluding carboxylic acids is 3. The van der Waals surface area contributed by atoms with E-state index in [0.717, 1.165) is 33.5 Å². The topological polar surface area (TPSA) is 82.1 Å². The highest BCUT2D eigenvalue weighted by atomic mass is 35.5. The van der Waals surface area contributed by atoms with Gasteiger partial charge in [-0.2, -0.15) is 0 Å². The third-order valence-electron chi connectivity index (χ3n) is 5.56. The highest BCUT2D eigenvalue weighted by Crippen LogP contribution is 2.35. The number of thioether (sulfide) groups is 1. The third-order valence-corrected chi connectivity index (χ3v) is 6.72. The Balaban J connectivity index is 1.46. The molecule has 1 aliphatic heterocycles. The summed E-state index contributed by atoms with van der Waals surface area (Å²) in [6, 6.07) is 17.1. The third kappa shape index (κ3) is 6.34. The number of aryl methyl sites for hydroxylation is 2. The van der Waals surface area contributed by atoms with Crippen molar-refractivity contribution in [3.63, 3.8) is 0 Å². The van der Waals surface area contributed by atoms with E-state index in [1.54, 1.807) is 48.5 Å². The summed E-state index contributed by atoms with van der Waals surface area (Å²) in [7, 11) is 1.46. The number of amides is 2. The number of hydrogen-bond donors (Lipinski definition) is 0. The van der Waals surface area contributed by atoms with E-state index in [2.05, 4.69) is 0 Å². The lowest BCUT2D eigenvalue weighted by Gasteiger charge is -2.14. The first-order chi connectivity index (χ1) is 17.7. The number of imide groups is 1. The lowest BCUT2D eigenvalue weighted by atomic mass is 10.1. The molecule has 1 saturated heterocycles. The Labute approximate surface area is 224 Å². The number of hydrogen-bond acceptors (Lipinski definition) is 7. The summed E-state index contributed by atoms with van der Waals surface area (Å²) in [5.74, 6) is 0.251. The van der Waals surface area contributed by atoms with Gasteiger partial charge in [-0.1, -0.05) is 29.8 Å². The molecule has 0 unspecified atom stereocenters. The summed E-state index contributed by atoms with van der Waals surface area (Å²) in [6.07, 6.45) is 1.58. The van der Waals surface area contributed by atoms with Crippen LogP contribution < -0.4 is 14.2 Å².